The van der Waals surface area contributed by atoms with E-state index in [1.54, 1.807) is 0 Å². The van der Waals surface area contributed by atoms with E-state index in [4.69, 9.17) is 4.74 Å². The fraction of sp³-hybridized carbons (Fsp3) is 1.00. The van der Waals surface area contributed by atoms with Crippen LogP contribution in [0.2, 0.25) is 0 Å². The summed E-state index contributed by atoms with van der Waals surface area (Å²) in [5.41, 5.74) is 0.462. The van der Waals surface area contributed by atoms with Crippen molar-refractivity contribution in [2.75, 3.05) is 26.7 Å². The minimum atomic E-state index is 0.462. The van der Waals surface area contributed by atoms with Gasteiger partial charge < -0.3 is 10.1 Å². The maximum atomic E-state index is 5.83. The van der Waals surface area contributed by atoms with Crippen LogP contribution in [0.15, 0.2) is 0 Å². The van der Waals surface area contributed by atoms with Crippen molar-refractivity contribution in [1.29, 1.82) is 0 Å². The first-order valence-electron chi connectivity index (χ1n) is 8.89. The van der Waals surface area contributed by atoms with E-state index in [-0.39, 0.29) is 0 Å². The molecule has 2 atom stereocenters. The minimum Gasteiger partial charge on any atom is -0.378 e. The number of likely N-dealkylation sites (tertiary alicyclic amines) is 1. The number of ether oxygens (including phenoxy) is 1. The third-order valence-corrected chi connectivity index (χ3v) is 6.00. The summed E-state index contributed by atoms with van der Waals surface area (Å²) in [5, 5.41) is 3.69. The summed E-state index contributed by atoms with van der Waals surface area (Å²) in [6.07, 6.45) is 14.1. The van der Waals surface area contributed by atoms with Crippen LogP contribution in [0.1, 0.15) is 64.2 Å². The van der Waals surface area contributed by atoms with E-state index in [2.05, 4.69) is 17.3 Å². The van der Waals surface area contributed by atoms with Gasteiger partial charge in [0.05, 0.1) is 6.10 Å². The lowest BCUT2D eigenvalue weighted by Gasteiger charge is -2.45. The molecule has 0 spiro atoms. The molecule has 2 saturated heterocycles. The van der Waals surface area contributed by atoms with E-state index < -0.39 is 0 Å². The van der Waals surface area contributed by atoms with Crippen molar-refractivity contribution in [1.82, 2.24) is 10.2 Å². The lowest BCUT2D eigenvalue weighted by molar-refractivity contribution is 0.0582. The summed E-state index contributed by atoms with van der Waals surface area (Å²) >= 11 is 0. The summed E-state index contributed by atoms with van der Waals surface area (Å²) in [4.78, 5) is 2.83. The van der Waals surface area contributed by atoms with E-state index in [1.807, 2.05) is 0 Å². The minimum absolute atomic E-state index is 0.462. The van der Waals surface area contributed by atoms with Gasteiger partial charge in [0.1, 0.15) is 0 Å². The van der Waals surface area contributed by atoms with Crippen molar-refractivity contribution in [3.05, 3.63) is 0 Å². The lowest BCUT2D eigenvalue weighted by Crippen LogP contribution is -2.58. The van der Waals surface area contributed by atoms with Gasteiger partial charge in [0, 0.05) is 18.2 Å². The quantitative estimate of drug-likeness (QED) is 0.809. The standard InChI is InChI=1S/C17H32N2O/c1-18-16(9-8-15-7-6-14-20-15)17(10-2-3-11-17)19-12-4-5-13-19/h15-16,18H,2-14H2,1H3. The van der Waals surface area contributed by atoms with Crippen LogP contribution >= 0.6 is 0 Å². The first kappa shape index (κ1) is 14.8. The highest BCUT2D eigenvalue weighted by atomic mass is 16.5. The second-order valence-corrected chi connectivity index (χ2v) is 7.06. The zero-order valence-corrected chi connectivity index (χ0v) is 13.2. The molecule has 2 aliphatic heterocycles. The van der Waals surface area contributed by atoms with Crippen LogP contribution in [0.5, 0.6) is 0 Å². The maximum Gasteiger partial charge on any atom is 0.0576 e. The van der Waals surface area contributed by atoms with E-state index in [0.717, 1.165) is 6.61 Å². The highest BCUT2D eigenvalue weighted by Gasteiger charge is 2.45. The number of nitrogens with zero attached hydrogens (tertiary/aromatic N) is 1. The van der Waals surface area contributed by atoms with Crippen LogP contribution < -0.4 is 5.32 Å². The first-order chi connectivity index (χ1) is 9.85. The average Bonchev–Trinajstić information content (AvgIpc) is 3.22. The Labute approximate surface area is 124 Å². The van der Waals surface area contributed by atoms with Crippen molar-refractivity contribution in [2.24, 2.45) is 0 Å². The monoisotopic (exact) mass is 280 g/mol. The van der Waals surface area contributed by atoms with Gasteiger partial charge in [-0.3, -0.25) is 4.90 Å². The van der Waals surface area contributed by atoms with Gasteiger partial charge in [0.25, 0.3) is 0 Å². The normalized spacial score (nSPS) is 31.9. The Bertz CT molecular complexity index is 289. The van der Waals surface area contributed by atoms with E-state index >= 15 is 0 Å². The molecule has 3 aliphatic rings. The summed E-state index contributed by atoms with van der Waals surface area (Å²) < 4.78 is 5.83. The molecule has 0 aromatic rings. The Morgan fingerprint density at radius 3 is 2.50 bits per heavy atom. The summed E-state index contributed by atoms with van der Waals surface area (Å²) in [6, 6.07) is 0.660. The molecule has 0 bridgehead atoms. The molecule has 2 heterocycles. The largest absolute Gasteiger partial charge is 0.378 e. The maximum absolute atomic E-state index is 5.83. The Morgan fingerprint density at radius 1 is 1.15 bits per heavy atom. The van der Waals surface area contributed by atoms with Crippen molar-refractivity contribution >= 4 is 0 Å². The Morgan fingerprint density at radius 2 is 1.90 bits per heavy atom. The second kappa shape index (κ2) is 6.76. The third kappa shape index (κ3) is 2.90. The summed E-state index contributed by atoms with van der Waals surface area (Å²) in [7, 11) is 2.18. The predicted octanol–water partition coefficient (Wildman–Crippen LogP) is 2.94. The molecule has 0 radical (unpaired) electrons. The third-order valence-electron chi connectivity index (χ3n) is 6.00. The molecule has 1 N–H and O–H groups in total. The van der Waals surface area contributed by atoms with Gasteiger partial charge in [-0.15, -0.1) is 0 Å². The molecule has 0 aromatic carbocycles. The number of nitrogens with one attached hydrogen (secondary N) is 1. The van der Waals surface area contributed by atoms with Gasteiger partial charge in [-0.05, 0) is 71.5 Å². The fourth-order valence-electron chi connectivity index (χ4n) is 4.94. The van der Waals surface area contributed by atoms with Gasteiger partial charge in [-0.2, -0.15) is 0 Å². The van der Waals surface area contributed by atoms with Crippen LogP contribution in [-0.2, 0) is 4.74 Å². The number of rotatable bonds is 6. The lowest BCUT2D eigenvalue weighted by atomic mass is 9.83. The molecule has 3 nitrogen and oxygen atoms in total. The number of hydrogen-bond acceptors (Lipinski definition) is 3. The molecule has 3 heteroatoms. The molecule has 1 aliphatic carbocycles. The SMILES string of the molecule is CNC(CCC1CCCO1)C1(N2CCCC2)CCCC1. The second-order valence-electron chi connectivity index (χ2n) is 7.06. The van der Waals surface area contributed by atoms with Crippen molar-refractivity contribution in [3.63, 3.8) is 0 Å². The molecule has 3 fully saturated rings. The van der Waals surface area contributed by atoms with Crippen LogP contribution in [0.3, 0.4) is 0 Å². The zero-order valence-electron chi connectivity index (χ0n) is 13.2. The Kier molecular flexibility index (Phi) is 5.00. The van der Waals surface area contributed by atoms with Crippen LogP contribution in [0, 0.1) is 0 Å². The smallest absolute Gasteiger partial charge is 0.0576 e. The summed E-state index contributed by atoms with van der Waals surface area (Å²) in [5.74, 6) is 0. The summed E-state index contributed by atoms with van der Waals surface area (Å²) in [6.45, 7) is 3.66. The molecular formula is C17H32N2O. The fourth-order valence-corrected chi connectivity index (χ4v) is 4.94. The van der Waals surface area contributed by atoms with E-state index in [0.29, 0.717) is 17.7 Å². The van der Waals surface area contributed by atoms with Gasteiger partial charge in [-0.1, -0.05) is 12.8 Å². The number of hydrogen-bond donors (Lipinski definition) is 1. The molecule has 116 valence electrons. The molecule has 0 aromatic heterocycles. The predicted molar refractivity (Wildman–Crippen MR) is 83.1 cm³/mol. The first-order valence-corrected chi connectivity index (χ1v) is 8.89. The van der Waals surface area contributed by atoms with Crippen molar-refractivity contribution < 1.29 is 4.74 Å². The van der Waals surface area contributed by atoms with Crippen LogP contribution in [0.4, 0.5) is 0 Å². The highest BCUT2D eigenvalue weighted by molar-refractivity contribution is 5.04. The Hall–Kier alpha value is -0.120. The van der Waals surface area contributed by atoms with Crippen molar-refractivity contribution in [2.45, 2.75) is 81.9 Å². The average molecular weight is 280 g/mol. The molecule has 0 amide bonds. The van der Waals surface area contributed by atoms with Gasteiger partial charge in [-0.25, -0.2) is 0 Å². The van der Waals surface area contributed by atoms with Gasteiger partial charge in [0.15, 0.2) is 0 Å². The molecule has 20 heavy (non-hydrogen) atoms. The highest BCUT2D eigenvalue weighted by Crippen LogP contribution is 2.41. The Balaban J connectivity index is 1.63. The van der Waals surface area contributed by atoms with E-state index in [9.17, 15) is 0 Å². The zero-order chi connectivity index (χ0) is 13.8. The molecule has 2 unspecified atom stereocenters. The topological polar surface area (TPSA) is 24.5 Å². The molecule has 3 rings (SSSR count). The van der Waals surface area contributed by atoms with Gasteiger partial charge >= 0.3 is 0 Å². The van der Waals surface area contributed by atoms with Crippen LogP contribution in [0.25, 0.3) is 0 Å². The van der Waals surface area contributed by atoms with Gasteiger partial charge in [0.2, 0.25) is 0 Å². The van der Waals surface area contributed by atoms with Crippen LogP contribution in [-0.4, -0.2) is 49.3 Å². The van der Waals surface area contributed by atoms with Crippen molar-refractivity contribution in [3.8, 4) is 0 Å². The van der Waals surface area contributed by atoms with E-state index in [1.165, 1.54) is 77.3 Å². The molecule has 1 saturated carbocycles. The number of likely N-dealkylation sites (N-methyl/N-ethyl adjacent to an activating group) is 1. The molecular weight excluding hydrogens is 248 g/mol.